The summed E-state index contributed by atoms with van der Waals surface area (Å²) in [6, 6.07) is 1.23. The van der Waals surface area contributed by atoms with Crippen LogP contribution in [0.15, 0.2) is 12.3 Å². The average molecular weight is 255 g/mol. The van der Waals surface area contributed by atoms with Crippen LogP contribution in [0.5, 0.6) is 0 Å². The third-order valence-corrected chi connectivity index (χ3v) is 2.64. The number of nitrogens with zero attached hydrogens (tertiary/aromatic N) is 2. The van der Waals surface area contributed by atoms with Crippen molar-refractivity contribution in [2.75, 3.05) is 6.54 Å². The number of carbonyl (C=O) groups is 1. The van der Waals surface area contributed by atoms with Gasteiger partial charge in [0.1, 0.15) is 5.69 Å². The monoisotopic (exact) mass is 255 g/mol. The predicted octanol–water partition coefficient (Wildman–Crippen LogP) is 0.917. The fourth-order valence-electron chi connectivity index (χ4n) is 1.49. The molecule has 1 rings (SSSR count). The third kappa shape index (κ3) is 3.30. The zero-order valence-electron chi connectivity index (χ0n) is 10.4. The van der Waals surface area contributed by atoms with E-state index >= 15 is 0 Å². The van der Waals surface area contributed by atoms with Crippen molar-refractivity contribution >= 4 is 11.6 Å². The van der Waals surface area contributed by atoms with Crippen molar-refractivity contribution in [2.45, 2.75) is 32.9 Å². The molecule has 0 saturated heterocycles. The Bertz CT molecular complexity index is 441. The fraction of sp³-hybridized carbons (Fsp3) is 0.545. The number of hydrogen-bond donors (Lipinski definition) is 2. The van der Waals surface area contributed by atoms with Gasteiger partial charge in [-0.2, -0.15) is 0 Å². The van der Waals surface area contributed by atoms with E-state index in [-0.39, 0.29) is 17.9 Å². The molecule has 1 aromatic rings. The zero-order valence-corrected chi connectivity index (χ0v) is 10.4. The van der Waals surface area contributed by atoms with Crippen molar-refractivity contribution in [1.82, 2.24) is 9.88 Å². The maximum atomic E-state index is 11.8. The molecule has 1 amide bonds. The first kappa shape index (κ1) is 14.2. The van der Waals surface area contributed by atoms with E-state index in [1.54, 1.807) is 13.8 Å². The highest BCUT2D eigenvalue weighted by Gasteiger charge is 2.18. The topological polar surface area (TPSA) is 97.4 Å². The highest BCUT2D eigenvalue weighted by atomic mass is 16.6. The third-order valence-electron chi connectivity index (χ3n) is 2.64. The van der Waals surface area contributed by atoms with E-state index in [0.717, 1.165) is 0 Å². The molecule has 7 nitrogen and oxygen atoms in total. The Morgan fingerprint density at radius 1 is 1.61 bits per heavy atom. The van der Waals surface area contributed by atoms with Crippen molar-refractivity contribution in [3.05, 3.63) is 28.1 Å². The molecule has 0 aliphatic heterocycles. The molecule has 0 bridgehead atoms. The van der Waals surface area contributed by atoms with Gasteiger partial charge in [-0.15, -0.1) is 0 Å². The highest BCUT2D eigenvalue weighted by molar-refractivity contribution is 5.93. The molecule has 7 heteroatoms. The summed E-state index contributed by atoms with van der Waals surface area (Å²) < 4.78 is 1.51. The van der Waals surface area contributed by atoms with Crippen LogP contribution >= 0.6 is 0 Å². The maximum absolute atomic E-state index is 11.8. The van der Waals surface area contributed by atoms with Gasteiger partial charge in [-0.05, 0) is 13.3 Å². The summed E-state index contributed by atoms with van der Waals surface area (Å²) in [4.78, 5) is 21.9. The number of aryl methyl sites for hydroxylation is 1. The van der Waals surface area contributed by atoms with E-state index in [1.807, 2.05) is 0 Å². The number of rotatable bonds is 6. The standard InChI is InChI=1S/C11H17N3O4/c1-3-9(15)6-12-11(16)10-5-8(14(17)18)7-13(10)4-2/h5,7,9,15H,3-4,6H2,1-2H3,(H,12,16). The Balaban J connectivity index is 2.81. The Morgan fingerprint density at radius 2 is 2.28 bits per heavy atom. The summed E-state index contributed by atoms with van der Waals surface area (Å²) in [5.74, 6) is -0.419. The number of nitro groups is 1. The first-order valence-corrected chi connectivity index (χ1v) is 5.80. The molecule has 0 aromatic carbocycles. The Kier molecular flexibility index (Phi) is 4.85. The first-order valence-electron chi connectivity index (χ1n) is 5.80. The van der Waals surface area contributed by atoms with Gasteiger partial charge in [-0.25, -0.2) is 0 Å². The lowest BCUT2D eigenvalue weighted by Crippen LogP contribution is -2.32. The lowest BCUT2D eigenvalue weighted by Gasteiger charge is -2.10. The van der Waals surface area contributed by atoms with Crippen molar-refractivity contribution in [1.29, 1.82) is 0 Å². The number of hydrogen-bond acceptors (Lipinski definition) is 4. The van der Waals surface area contributed by atoms with E-state index in [4.69, 9.17) is 0 Å². The number of aliphatic hydroxyl groups excluding tert-OH is 1. The molecule has 0 saturated carbocycles. The van der Waals surface area contributed by atoms with Crippen LogP contribution in [0.25, 0.3) is 0 Å². The van der Waals surface area contributed by atoms with Gasteiger partial charge in [0.15, 0.2) is 0 Å². The van der Waals surface area contributed by atoms with E-state index in [2.05, 4.69) is 5.32 Å². The zero-order chi connectivity index (χ0) is 13.7. The largest absolute Gasteiger partial charge is 0.391 e. The van der Waals surface area contributed by atoms with Crippen LogP contribution in [0, 0.1) is 10.1 Å². The molecule has 100 valence electrons. The van der Waals surface area contributed by atoms with Crippen molar-refractivity contribution < 1.29 is 14.8 Å². The molecule has 0 aliphatic rings. The molecule has 18 heavy (non-hydrogen) atoms. The quantitative estimate of drug-likeness (QED) is 0.583. The predicted molar refractivity (Wildman–Crippen MR) is 65.4 cm³/mol. The summed E-state index contributed by atoms with van der Waals surface area (Å²) in [6.45, 7) is 4.20. The van der Waals surface area contributed by atoms with Crippen molar-refractivity contribution in [2.24, 2.45) is 0 Å². The van der Waals surface area contributed by atoms with Gasteiger partial charge >= 0.3 is 0 Å². The molecule has 0 spiro atoms. The smallest absolute Gasteiger partial charge is 0.287 e. The van der Waals surface area contributed by atoms with Gasteiger partial charge in [0, 0.05) is 19.2 Å². The van der Waals surface area contributed by atoms with Gasteiger partial charge in [-0.1, -0.05) is 6.92 Å². The van der Waals surface area contributed by atoms with E-state index in [0.29, 0.717) is 13.0 Å². The van der Waals surface area contributed by atoms with E-state index in [1.165, 1.54) is 16.8 Å². The maximum Gasteiger partial charge on any atom is 0.287 e. The van der Waals surface area contributed by atoms with Gasteiger partial charge in [0.25, 0.3) is 11.6 Å². The summed E-state index contributed by atoms with van der Waals surface area (Å²) in [5, 5.41) is 22.5. The Morgan fingerprint density at radius 3 is 2.78 bits per heavy atom. The second-order valence-electron chi connectivity index (χ2n) is 3.90. The summed E-state index contributed by atoms with van der Waals surface area (Å²) in [6.07, 6.45) is 1.26. The fourth-order valence-corrected chi connectivity index (χ4v) is 1.49. The lowest BCUT2D eigenvalue weighted by atomic mass is 10.2. The molecule has 0 fully saturated rings. The van der Waals surface area contributed by atoms with Crippen LogP contribution in [0.4, 0.5) is 5.69 Å². The molecule has 1 aromatic heterocycles. The number of amides is 1. The summed E-state index contributed by atoms with van der Waals surface area (Å²) >= 11 is 0. The van der Waals surface area contributed by atoms with Crippen LogP contribution in [0.1, 0.15) is 30.8 Å². The summed E-state index contributed by atoms with van der Waals surface area (Å²) in [5.41, 5.74) is 0.116. The molecular weight excluding hydrogens is 238 g/mol. The molecule has 1 heterocycles. The van der Waals surface area contributed by atoms with Crippen molar-refractivity contribution in [3.8, 4) is 0 Å². The highest BCUT2D eigenvalue weighted by Crippen LogP contribution is 2.16. The molecule has 0 radical (unpaired) electrons. The minimum absolute atomic E-state index is 0.113. The normalized spacial score (nSPS) is 12.2. The number of aliphatic hydroxyl groups is 1. The second-order valence-corrected chi connectivity index (χ2v) is 3.90. The molecular formula is C11H17N3O4. The number of nitrogens with one attached hydrogen (secondary N) is 1. The molecule has 0 aliphatic carbocycles. The van der Waals surface area contributed by atoms with Gasteiger partial charge in [0.2, 0.25) is 0 Å². The number of aromatic nitrogens is 1. The van der Waals surface area contributed by atoms with Crippen LogP contribution in [-0.4, -0.2) is 33.2 Å². The molecule has 2 N–H and O–H groups in total. The SMILES string of the molecule is CCC(O)CNC(=O)c1cc([N+](=O)[O-])cn1CC. The van der Waals surface area contributed by atoms with Crippen LogP contribution in [0.2, 0.25) is 0 Å². The van der Waals surface area contributed by atoms with Crippen LogP contribution in [-0.2, 0) is 6.54 Å². The minimum Gasteiger partial charge on any atom is -0.391 e. The van der Waals surface area contributed by atoms with Gasteiger partial charge < -0.3 is 15.0 Å². The molecule has 1 unspecified atom stereocenters. The minimum atomic E-state index is -0.603. The lowest BCUT2D eigenvalue weighted by molar-refractivity contribution is -0.384. The average Bonchev–Trinajstić information content (AvgIpc) is 2.79. The molecule has 1 atom stereocenters. The van der Waals surface area contributed by atoms with Crippen LogP contribution in [0.3, 0.4) is 0 Å². The van der Waals surface area contributed by atoms with E-state index < -0.39 is 16.9 Å². The summed E-state index contributed by atoms with van der Waals surface area (Å²) in [7, 11) is 0. The van der Waals surface area contributed by atoms with Crippen LogP contribution < -0.4 is 5.32 Å². The van der Waals surface area contributed by atoms with Crippen molar-refractivity contribution in [3.63, 3.8) is 0 Å². The second kappa shape index (κ2) is 6.15. The van der Waals surface area contributed by atoms with E-state index in [9.17, 15) is 20.0 Å². The van der Waals surface area contributed by atoms with Gasteiger partial charge in [-0.3, -0.25) is 14.9 Å². The Labute approximate surface area is 105 Å². The van der Waals surface area contributed by atoms with Gasteiger partial charge in [0.05, 0.1) is 17.2 Å². The first-order chi connectivity index (χ1) is 8.49. The number of carbonyl (C=O) groups excluding carboxylic acids is 1. The Hall–Kier alpha value is -1.89.